The van der Waals surface area contributed by atoms with Crippen LogP contribution in [0.15, 0.2) is 24.3 Å². The molecule has 0 aliphatic carbocycles. The number of rotatable bonds is 6. The van der Waals surface area contributed by atoms with Gasteiger partial charge in [0.25, 0.3) is 0 Å². The van der Waals surface area contributed by atoms with E-state index in [1.807, 2.05) is 0 Å². The van der Waals surface area contributed by atoms with Gasteiger partial charge in [-0.3, -0.25) is 9.69 Å². The molecule has 1 aromatic carbocycles. The maximum atomic E-state index is 12.0. The van der Waals surface area contributed by atoms with Crippen LogP contribution in [-0.2, 0) is 0 Å². The summed E-state index contributed by atoms with van der Waals surface area (Å²) in [5.74, 6) is 0.733. The molecule has 2 nitrogen and oxygen atoms in total. The van der Waals surface area contributed by atoms with Crippen LogP contribution in [0.1, 0.15) is 31.1 Å². The molecule has 1 rings (SSSR count). The van der Waals surface area contributed by atoms with Gasteiger partial charge in [-0.15, -0.1) is 0 Å². The molecule has 0 saturated carbocycles. The molecule has 0 atom stereocenters. The average Bonchev–Trinajstić information content (AvgIpc) is 2.28. The van der Waals surface area contributed by atoms with E-state index < -0.39 is 0 Å². The molecule has 3 heteroatoms. The quantitative estimate of drug-likeness (QED) is 0.724. The van der Waals surface area contributed by atoms with E-state index in [-0.39, 0.29) is 5.78 Å². The summed E-state index contributed by atoms with van der Waals surface area (Å²) in [6, 6.07) is 7.09. The highest BCUT2D eigenvalue weighted by atomic mass is 35.5. The molecule has 0 heterocycles. The lowest BCUT2D eigenvalue weighted by Gasteiger charge is -2.21. The van der Waals surface area contributed by atoms with E-state index in [4.69, 9.17) is 11.6 Å². The van der Waals surface area contributed by atoms with Crippen molar-refractivity contribution in [1.29, 1.82) is 0 Å². The maximum Gasteiger partial charge on any atom is 0.176 e. The van der Waals surface area contributed by atoms with Crippen molar-refractivity contribution in [3.63, 3.8) is 0 Å². The van der Waals surface area contributed by atoms with Crippen LogP contribution in [0.4, 0.5) is 0 Å². The van der Waals surface area contributed by atoms with Crippen molar-refractivity contribution in [2.75, 3.05) is 19.6 Å². The zero-order valence-electron chi connectivity index (χ0n) is 10.7. The minimum atomic E-state index is 0.157. The van der Waals surface area contributed by atoms with Crippen LogP contribution in [0.3, 0.4) is 0 Å². The largest absolute Gasteiger partial charge is 0.296 e. The highest BCUT2D eigenvalue weighted by Gasteiger charge is 2.12. The Hall–Kier alpha value is -0.860. The molecule has 0 spiro atoms. The highest BCUT2D eigenvalue weighted by molar-refractivity contribution is 6.30. The Morgan fingerprint density at radius 3 is 2.35 bits per heavy atom. The fraction of sp³-hybridized carbons (Fsp3) is 0.500. The number of hydrogen-bond donors (Lipinski definition) is 0. The molecule has 0 fully saturated rings. The van der Waals surface area contributed by atoms with E-state index in [2.05, 4.69) is 25.7 Å². The third kappa shape index (κ3) is 4.88. The van der Waals surface area contributed by atoms with Gasteiger partial charge in [0.15, 0.2) is 5.78 Å². The van der Waals surface area contributed by atoms with Gasteiger partial charge < -0.3 is 0 Å². The maximum absolute atomic E-state index is 12.0. The summed E-state index contributed by atoms with van der Waals surface area (Å²) in [7, 11) is 0. The van der Waals surface area contributed by atoms with Gasteiger partial charge in [0.1, 0.15) is 0 Å². The number of halogens is 1. The van der Waals surface area contributed by atoms with Crippen LogP contribution in [0.25, 0.3) is 0 Å². The molecule has 0 bridgehead atoms. The van der Waals surface area contributed by atoms with E-state index in [1.54, 1.807) is 24.3 Å². The minimum absolute atomic E-state index is 0.157. The van der Waals surface area contributed by atoms with Crippen LogP contribution >= 0.6 is 11.6 Å². The number of ketones is 1. The number of carbonyl (C=O) groups excluding carboxylic acids is 1. The Morgan fingerprint density at radius 2 is 1.88 bits per heavy atom. The SMILES string of the molecule is CCN(CC(=O)c1ccc(Cl)cc1)CC(C)C. The molecule has 0 amide bonds. The van der Waals surface area contributed by atoms with Crippen molar-refractivity contribution in [1.82, 2.24) is 4.90 Å². The van der Waals surface area contributed by atoms with Gasteiger partial charge in [-0.1, -0.05) is 32.4 Å². The summed E-state index contributed by atoms with van der Waals surface area (Å²) >= 11 is 5.80. The van der Waals surface area contributed by atoms with Crippen LogP contribution < -0.4 is 0 Å². The Kier molecular flexibility index (Phi) is 5.66. The number of Topliss-reactive ketones (excluding diaryl/α,β-unsaturated/α-hetero) is 1. The van der Waals surface area contributed by atoms with Gasteiger partial charge in [-0.2, -0.15) is 0 Å². The first kappa shape index (κ1) is 14.2. The van der Waals surface area contributed by atoms with Gasteiger partial charge in [-0.05, 0) is 36.7 Å². The monoisotopic (exact) mass is 253 g/mol. The summed E-state index contributed by atoms with van der Waals surface area (Å²) in [5.41, 5.74) is 0.733. The average molecular weight is 254 g/mol. The smallest absolute Gasteiger partial charge is 0.176 e. The van der Waals surface area contributed by atoms with Crippen molar-refractivity contribution in [3.05, 3.63) is 34.9 Å². The molecule has 0 radical (unpaired) electrons. The number of benzene rings is 1. The van der Waals surface area contributed by atoms with Crippen LogP contribution in [0.2, 0.25) is 5.02 Å². The van der Waals surface area contributed by atoms with Crippen LogP contribution in [0.5, 0.6) is 0 Å². The predicted octanol–water partition coefficient (Wildman–Crippen LogP) is 3.50. The molecule has 17 heavy (non-hydrogen) atoms. The fourth-order valence-corrected chi connectivity index (χ4v) is 1.88. The zero-order valence-corrected chi connectivity index (χ0v) is 11.5. The standard InChI is InChI=1S/C14H20ClNO/c1-4-16(9-11(2)3)10-14(17)12-5-7-13(15)8-6-12/h5-8,11H,4,9-10H2,1-3H3. The molecular weight excluding hydrogens is 234 g/mol. The molecule has 0 unspecified atom stereocenters. The van der Waals surface area contributed by atoms with Crippen molar-refractivity contribution < 1.29 is 4.79 Å². The number of hydrogen-bond acceptors (Lipinski definition) is 2. The van der Waals surface area contributed by atoms with Crippen molar-refractivity contribution in [3.8, 4) is 0 Å². The molecule has 0 N–H and O–H groups in total. The molecule has 0 aliphatic heterocycles. The first-order valence-electron chi connectivity index (χ1n) is 6.04. The minimum Gasteiger partial charge on any atom is -0.296 e. The summed E-state index contributed by atoms with van der Waals surface area (Å²) in [4.78, 5) is 14.2. The first-order valence-corrected chi connectivity index (χ1v) is 6.41. The second kappa shape index (κ2) is 6.77. The normalized spacial score (nSPS) is 11.2. The van der Waals surface area contributed by atoms with E-state index >= 15 is 0 Å². The van der Waals surface area contributed by atoms with E-state index in [1.165, 1.54) is 0 Å². The summed E-state index contributed by atoms with van der Waals surface area (Å²) in [6.45, 7) is 8.74. The van der Waals surface area contributed by atoms with E-state index in [0.717, 1.165) is 18.7 Å². The highest BCUT2D eigenvalue weighted by Crippen LogP contribution is 2.10. The van der Waals surface area contributed by atoms with Gasteiger partial charge in [0, 0.05) is 17.1 Å². The Balaban J connectivity index is 2.61. The lowest BCUT2D eigenvalue weighted by Crippen LogP contribution is -2.32. The number of nitrogens with zero attached hydrogens (tertiary/aromatic N) is 1. The van der Waals surface area contributed by atoms with Crippen molar-refractivity contribution in [2.24, 2.45) is 5.92 Å². The second-order valence-electron chi connectivity index (χ2n) is 4.65. The molecular formula is C14H20ClNO. The van der Waals surface area contributed by atoms with Gasteiger partial charge in [0.05, 0.1) is 6.54 Å². The lowest BCUT2D eigenvalue weighted by molar-refractivity contribution is 0.0926. The second-order valence-corrected chi connectivity index (χ2v) is 5.09. The van der Waals surface area contributed by atoms with Crippen molar-refractivity contribution >= 4 is 17.4 Å². The number of likely N-dealkylation sites (N-methyl/N-ethyl adjacent to an activating group) is 1. The van der Waals surface area contributed by atoms with E-state index in [9.17, 15) is 4.79 Å². The molecule has 94 valence electrons. The summed E-state index contributed by atoms with van der Waals surface area (Å²) in [6.07, 6.45) is 0. The first-order chi connectivity index (χ1) is 8.02. The van der Waals surface area contributed by atoms with Crippen LogP contribution in [0, 0.1) is 5.92 Å². The summed E-state index contributed by atoms with van der Waals surface area (Å²) < 4.78 is 0. The summed E-state index contributed by atoms with van der Waals surface area (Å²) in [5, 5.41) is 0.663. The van der Waals surface area contributed by atoms with Gasteiger partial charge in [-0.25, -0.2) is 0 Å². The molecule has 0 aliphatic rings. The Morgan fingerprint density at radius 1 is 1.29 bits per heavy atom. The fourth-order valence-electron chi connectivity index (χ4n) is 1.75. The number of carbonyl (C=O) groups is 1. The Labute approximate surface area is 109 Å². The zero-order chi connectivity index (χ0) is 12.8. The Bertz CT molecular complexity index is 359. The molecule has 0 aromatic heterocycles. The lowest BCUT2D eigenvalue weighted by atomic mass is 10.1. The topological polar surface area (TPSA) is 20.3 Å². The van der Waals surface area contributed by atoms with Crippen LogP contribution in [-0.4, -0.2) is 30.3 Å². The van der Waals surface area contributed by atoms with Crippen molar-refractivity contribution in [2.45, 2.75) is 20.8 Å². The van der Waals surface area contributed by atoms with E-state index in [0.29, 0.717) is 17.5 Å². The van der Waals surface area contributed by atoms with Gasteiger partial charge in [0.2, 0.25) is 0 Å². The predicted molar refractivity (Wildman–Crippen MR) is 72.7 cm³/mol. The third-order valence-electron chi connectivity index (χ3n) is 2.60. The molecule has 1 aromatic rings. The van der Waals surface area contributed by atoms with Gasteiger partial charge >= 0.3 is 0 Å². The third-order valence-corrected chi connectivity index (χ3v) is 2.86. The molecule has 0 saturated heterocycles.